The maximum Gasteiger partial charge on any atom is 0.416 e. The quantitative estimate of drug-likeness (QED) is 0.424. The van der Waals surface area contributed by atoms with E-state index in [0.717, 1.165) is 43.8 Å². The van der Waals surface area contributed by atoms with Gasteiger partial charge in [0.25, 0.3) is 0 Å². The van der Waals surface area contributed by atoms with Crippen molar-refractivity contribution >= 4 is 40.6 Å². The number of imide groups is 1. The van der Waals surface area contributed by atoms with Crippen LogP contribution in [0.5, 0.6) is 11.5 Å². The Morgan fingerprint density at radius 2 is 1.68 bits per heavy atom. The number of aromatic nitrogens is 1. The number of hydrogen-bond donors (Lipinski definition) is 1. The summed E-state index contributed by atoms with van der Waals surface area (Å²) in [5.74, 6) is -1.55. The molecule has 1 aromatic heterocycles. The Hall–Kier alpha value is -3.25. The zero-order valence-electron chi connectivity index (χ0n) is 21.2. The smallest absolute Gasteiger partial charge is 0.416 e. The molecule has 0 spiro atoms. The van der Waals surface area contributed by atoms with Crippen molar-refractivity contribution < 1.29 is 32.2 Å². The van der Waals surface area contributed by atoms with Crippen molar-refractivity contribution in [1.82, 2.24) is 4.98 Å². The summed E-state index contributed by atoms with van der Waals surface area (Å²) in [5, 5.41) is 0.729. The molecule has 0 radical (unpaired) electrons. The molecule has 2 amide bonds. The molecule has 2 aliphatic carbocycles. The lowest BCUT2D eigenvalue weighted by atomic mass is 9.68. The third kappa shape index (κ3) is 3.54. The predicted octanol–water partition coefficient (Wildman–Crippen LogP) is 5.15. The van der Waals surface area contributed by atoms with E-state index in [4.69, 9.17) is 9.47 Å². The standard InChI is InChI=1S/C28H23F3N2O5S2/c1-37-16-7-6-11(8-17(16)38-2)18-19-14-10-15(22(19)39-24-23(18)40-27(36)32-24)21-20(14)25(34)33(26(21)35)13-5-3-4-12(9-13)28(29,30)31/h3-9,14-15,18-22H,10H2,1-2H3,(H,32,36)/t14-,15+,18+,19-,20+,21-,22-/m1/s1. The topological polar surface area (TPSA) is 88.7 Å². The fourth-order valence-electron chi connectivity index (χ4n) is 7.51. The van der Waals surface area contributed by atoms with E-state index in [2.05, 4.69) is 4.98 Å². The van der Waals surface area contributed by atoms with Crippen molar-refractivity contribution in [3.63, 3.8) is 0 Å². The number of carbonyl (C=O) groups is 2. The predicted molar refractivity (Wildman–Crippen MR) is 142 cm³/mol. The zero-order valence-corrected chi connectivity index (χ0v) is 22.9. The molecule has 0 unspecified atom stereocenters. The van der Waals surface area contributed by atoms with Crippen LogP contribution in [0.25, 0.3) is 0 Å². The van der Waals surface area contributed by atoms with Crippen LogP contribution in [0.1, 0.15) is 28.3 Å². The van der Waals surface area contributed by atoms with Crippen LogP contribution in [0.3, 0.4) is 0 Å². The third-order valence-corrected chi connectivity index (χ3v) is 11.5. The molecule has 1 saturated heterocycles. The van der Waals surface area contributed by atoms with Crippen LogP contribution >= 0.6 is 23.1 Å². The first-order valence-corrected chi connectivity index (χ1v) is 14.5. The lowest BCUT2D eigenvalue weighted by Gasteiger charge is -2.43. The summed E-state index contributed by atoms with van der Waals surface area (Å²) < 4.78 is 51.2. The van der Waals surface area contributed by atoms with E-state index in [9.17, 15) is 27.6 Å². The van der Waals surface area contributed by atoms with Crippen molar-refractivity contribution in [3.05, 3.63) is 68.1 Å². The first kappa shape index (κ1) is 25.7. The number of aromatic amines is 1. The van der Waals surface area contributed by atoms with Crippen LogP contribution in [-0.2, 0) is 15.8 Å². The number of thiazole rings is 1. The van der Waals surface area contributed by atoms with Crippen LogP contribution in [-0.4, -0.2) is 36.3 Å². The number of carbonyl (C=O) groups excluding carboxylic acids is 2. The highest BCUT2D eigenvalue weighted by atomic mass is 32.2. The number of nitrogens with one attached hydrogen (secondary N) is 1. The summed E-state index contributed by atoms with van der Waals surface area (Å²) in [6.07, 6.45) is -3.92. The average Bonchev–Trinajstić information content (AvgIpc) is 3.66. The third-order valence-electron chi connectivity index (χ3n) is 8.92. The number of methoxy groups -OCH3 is 2. The Bertz CT molecular complexity index is 1620. The number of hydrogen-bond acceptors (Lipinski definition) is 7. The van der Waals surface area contributed by atoms with Gasteiger partial charge in [-0.1, -0.05) is 23.5 Å². The highest BCUT2D eigenvalue weighted by Crippen LogP contribution is 2.68. The molecule has 7 nitrogen and oxygen atoms in total. The number of thioether (sulfide) groups is 1. The van der Waals surface area contributed by atoms with Crippen molar-refractivity contribution in [3.8, 4) is 11.5 Å². The Morgan fingerprint density at radius 3 is 2.38 bits per heavy atom. The first-order valence-electron chi connectivity index (χ1n) is 12.8. The number of rotatable bonds is 4. The maximum atomic E-state index is 13.8. The van der Waals surface area contributed by atoms with Crippen LogP contribution in [0.2, 0.25) is 0 Å². The molecule has 7 atom stereocenters. The minimum absolute atomic E-state index is 0.0414. The van der Waals surface area contributed by atoms with Crippen LogP contribution in [0, 0.1) is 29.6 Å². The van der Waals surface area contributed by atoms with Crippen LogP contribution < -0.4 is 19.2 Å². The number of fused-ring (bicyclic) bond motifs is 9. The number of anilines is 1. The lowest BCUT2D eigenvalue weighted by Crippen LogP contribution is -2.42. The molecule has 3 fully saturated rings. The van der Waals surface area contributed by atoms with Gasteiger partial charge in [-0.15, -0.1) is 11.8 Å². The SMILES string of the molecule is COc1ccc([C@@H]2c3sc(=O)[nH]c3S[C@@H]3[C@H]4C[C@@H]([C@@H]5C(=O)N(c6cccc(C(F)(F)F)c6)C(=O)[C@H]45)[C@H]23)cc1OC. The number of ether oxygens (including phenoxy) is 2. The minimum atomic E-state index is -4.59. The molecule has 40 heavy (non-hydrogen) atoms. The van der Waals surface area contributed by atoms with Crippen LogP contribution in [0.15, 0.2) is 52.3 Å². The van der Waals surface area contributed by atoms with Crippen molar-refractivity contribution in [2.24, 2.45) is 29.6 Å². The van der Waals surface area contributed by atoms with Gasteiger partial charge >= 0.3 is 11.0 Å². The highest BCUT2D eigenvalue weighted by molar-refractivity contribution is 8.00. The lowest BCUT2D eigenvalue weighted by molar-refractivity contribution is -0.137. The Labute approximate surface area is 234 Å². The second-order valence-corrected chi connectivity index (χ2v) is 12.8. The van der Waals surface area contributed by atoms with E-state index in [1.165, 1.54) is 12.1 Å². The number of benzene rings is 2. The van der Waals surface area contributed by atoms with E-state index in [0.29, 0.717) is 17.9 Å². The van der Waals surface area contributed by atoms with Gasteiger partial charge in [-0.3, -0.25) is 19.3 Å². The molecular formula is C28H23F3N2O5S2. The molecule has 2 aromatic carbocycles. The monoisotopic (exact) mass is 588 g/mol. The van der Waals surface area contributed by atoms with Gasteiger partial charge in [0.2, 0.25) is 11.8 Å². The number of alkyl halides is 3. The molecule has 3 aromatic rings. The summed E-state index contributed by atoms with van der Waals surface area (Å²) in [6, 6.07) is 10.0. The minimum Gasteiger partial charge on any atom is -0.493 e. The number of halogens is 3. The van der Waals surface area contributed by atoms with Gasteiger partial charge in [-0.25, -0.2) is 0 Å². The zero-order chi connectivity index (χ0) is 28.1. The average molecular weight is 589 g/mol. The second kappa shape index (κ2) is 8.87. The Morgan fingerprint density at radius 1 is 0.950 bits per heavy atom. The summed E-state index contributed by atoms with van der Waals surface area (Å²) in [4.78, 5) is 44.6. The molecular weight excluding hydrogens is 565 g/mol. The summed E-state index contributed by atoms with van der Waals surface area (Å²) >= 11 is 2.70. The van der Waals surface area contributed by atoms with Crippen molar-refractivity contribution in [2.45, 2.75) is 28.8 Å². The number of H-pyrrole nitrogens is 1. The summed E-state index contributed by atoms with van der Waals surface area (Å²) in [7, 11) is 3.10. The normalized spacial score (nSPS) is 30.3. The molecule has 7 rings (SSSR count). The molecule has 1 N–H and O–H groups in total. The summed E-state index contributed by atoms with van der Waals surface area (Å²) in [5.41, 5.74) is -0.0362. The number of amides is 2. The molecule has 2 saturated carbocycles. The molecule has 2 bridgehead atoms. The van der Waals surface area contributed by atoms with Gasteiger partial charge in [0.05, 0.1) is 42.3 Å². The van der Waals surface area contributed by atoms with Gasteiger partial charge in [0, 0.05) is 16.0 Å². The van der Waals surface area contributed by atoms with E-state index in [1.807, 2.05) is 18.2 Å². The highest BCUT2D eigenvalue weighted by Gasteiger charge is 2.69. The van der Waals surface area contributed by atoms with Gasteiger partial charge in [0.1, 0.15) is 0 Å². The largest absolute Gasteiger partial charge is 0.493 e. The van der Waals surface area contributed by atoms with Gasteiger partial charge in [-0.2, -0.15) is 13.2 Å². The summed E-state index contributed by atoms with van der Waals surface area (Å²) in [6.45, 7) is 0. The maximum absolute atomic E-state index is 13.8. The fourth-order valence-corrected chi connectivity index (χ4v) is 10.4. The first-order chi connectivity index (χ1) is 19.1. The van der Waals surface area contributed by atoms with E-state index >= 15 is 0 Å². The molecule has 4 aliphatic rings. The fraction of sp³-hybridized carbons (Fsp3) is 0.393. The molecule has 2 aliphatic heterocycles. The van der Waals surface area contributed by atoms with Crippen molar-refractivity contribution in [2.75, 3.05) is 19.1 Å². The molecule has 3 heterocycles. The second-order valence-electron chi connectivity index (χ2n) is 10.6. The van der Waals surface area contributed by atoms with Crippen LogP contribution in [0.4, 0.5) is 18.9 Å². The van der Waals surface area contributed by atoms with E-state index < -0.39 is 35.4 Å². The number of nitrogens with zero attached hydrogens (tertiary/aromatic N) is 1. The Balaban J connectivity index is 1.30. The Kier molecular flexibility index (Phi) is 5.70. The van der Waals surface area contributed by atoms with E-state index in [1.54, 1.807) is 26.0 Å². The van der Waals surface area contributed by atoms with Crippen molar-refractivity contribution in [1.29, 1.82) is 0 Å². The van der Waals surface area contributed by atoms with E-state index in [-0.39, 0.29) is 39.5 Å². The van der Waals surface area contributed by atoms with Gasteiger partial charge < -0.3 is 14.5 Å². The van der Waals surface area contributed by atoms with Gasteiger partial charge in [-0.05, 0) is 60.1 Å². The molecule has 208 valence electrons. The van der Waals surface area contributed by atoms with Gasteiger partial charge in [0.15, 0.2) is 11.5 Å². The molecule has 12 heteroatoms.